The molecule has 1 saturated heterocycles. The molecule has 8 heteroatoms. The van der Waals surface area contributed by atoms with Gasteiger partial charge < -0.3 is 10.2 Å². The molecular formula is C16H26ClN3O3S. The molecule has 1 amide bonds. The normalized spacial score (nSPS) is 18.6. The monoisotopic (exact) mass is 375 g/mol. The fraction of sp³-hybridized carbons (Fsp3) is 0.562. The molecule has 0 radical (unpaired) electrons. The number of hydrogen-bond acceptors (Lipinski definition) is 4. The van der Waals surface area contributed by atoms with Gasteiger partial charge in [0.25, 0.3) is 5.91 Å². The minimum absolute atomic E-state index is 0. The van der Waals surface area contributed by atoms with Gasteiger partial charge in [-0.3, -0.25) is 4.79 Å². The molecule has 0 spiro atoms. The molecule has 2 rings (SSSR count). The number of nitrogens with one attached hydrogen (secondary N) is 1. The average molecular weight is 376 g/mol. The Morgan fingerprint density at radius 2 is 1.88 bits per heavy atom. The fourth-order valence-corrected chi connectivity index (χ4v) is 3.88. The van der Waals surface area contributed by atoms with Crippen molar-refractivity contribution in [1.29, 1.82) is 0 Å². The van der Waals surface area contributed by atoms with Crippen LogP contribution in [-0.2, 0) is 10.0 Å². The van der Waals surface area contributed by atoms with Crippen molar-refractivity contribution in [2.45, 2.75) is 37.8 Å². The summed E-state index contributed by atoms with van der Waals surface area (Å²) in [7, 11) is -1.96. The van der Waals surface area contributed by atoms with Crippen molar-refractivity contribution in [2.75, 3.05) is 26.7 Å². The zero-order valence-electron chi connectivity index (χ0n) is 14.5. The van der Waals surface area contributed by atoms with Crippen LogP contribution >= 0.6 is 12.4 Å². The Hall–Kier alpha value is -1.15. The molecule has 0 aliphatic carbocycles. The number of amides is 1. The van der Waals surface area contributed by atoms with E-state index in [9.17, 15) is 13.2 Å². The van der Waals surface area contributed by atoms with E-state index < -0.39 is 10.0 Å². The molecule has 1 heterocycles. The van der Waals surface area contributed by atoms with E-state index in [4.69, 9.17) is 0 Å². The maximum atomic E-state index is 12.5. The first-order valence-electron chi connectivity index (χ1n) is 7.84. The molecule has 0 bridgehead atoms. The second kappa shape index (κ2) is 8.29. The first-order chi connectivity index (χ1) is 10.7. The zero-order valence-corrected chi connectivity index (χ0v) is 16.2. The first-order valence-corrected chi connectivity index (χ1v) is 9.28. The number of hydrogen-bond donors (Lipinski definition) is 1. The Balaban J connectivity index is 0.00000288. The molecular weight excluding hydrogens is 350 g/mol. The third-order valence-corrected chi connectivity index (χ3v) is 6.21. The molecule has 24 heavy (non-hydrogen) atoms. The summed E-state index contributed by atoms with van der Waals surface area (Å²) in [6, 6.07) is 6.35. The van der Waals surface area contributed by atoms with Crippen LogP contribution in [0, 0.1) is 0 Å². The number of halogens is 1. The fourth-order valence-electron chi connectivity index (χ4n) is 2.51. The number of piperazine rings is 1. The van der Waals surface area contributed by atoms with Gasteiger partial charge in [-0.1, -0.05) is 0 Å². The minimum atomic E-state index is -3.52. The topological polar surface area (TPSA) is 69.7 Å². The van der Waals surface area contributed by atoms with Gasteiger partial charge in [0.05, 0.1) is 4.90 Å². The van der Waals surface area contributed by atoms with Crippen molar-refractivity contribution in [3.63, 3.8) is 0 Å². The zero-order chi connectivity index (χ0) is 17.2. The summed E-state index contributed by atoms with van der Waals surface area (Å²) in [6.07, 6.45) is 0. The number of nitrogens with zero attached hydrogens (tertiary/aromatic N) is 2. The molecule has 1 aliphatic rings. The van der Waals surface area contributed by atoms with Gasteiger partial charge in [0.2, 0.25) is 10.0 Å². The minimum Gasteiger partial charge on any atom is -0.336 e. The van der Waals surface area contributed by atoms with Gasteiger partial charge in [0, 0.05) is 44.3 Å². The number of carbonyl (C=O) groups is 1. The standard InChI is InChI=1S/C16H25N3O3S.ClH/c1-12(2)18(4)23(21,22)15-7-5-14(6-8-15)16(20)19-10-9-17-13(3)11-19;/h5-8,12-13,17H,9-11H2,1-4H3;1H. The number of sulfonamides is 1. The maximum absolute atomic E-state index is 12.5. The highest BCUT2D eigenvalue weighted by Crippen LogP contribution is 2.18. The van der Waals surface area contributed by atoms with Gasteiger partial charge >= 0.3 is 0 Å². The lowest BCUT2D eigenvalue weighted by molar-refractivity contribution is 0.0709. The molecule has 1 unspecified atom stereocenters. The maximum Gasteiger partial charge on any atom is 0.253 e. The lowest BCUT2D eigenvalue weighted by Crippen LogP contribution is -2.51. The summed E-state index contributed by atoms with van der Waals surface area (Å²) >= 11 is 0. The molecule has 6 nitrogen and oxygen atoms in total. The molecule has 1 atom stereocenters. The van der Waals surface area contributed by atoms with Crippen LogP contribution in [-0.4, -0.2) is 62.3 Å². The predicted octanol–water partition coefficient (Wildman–Crippen LogP) is 1.57. The third kappa shape index (κ3) is 4.47. The van der Waals surface area contributed by atoms with Gasteiger partial charge in [-0.05, 0) is 45.0 Å². The van der Waals surface area contributed by atoms with E-state index in [1.54, 1.807) is 24.1 Å². The highest BCUT2D eigenvalue weighted by atomic mass is 35.5. The van der Waals surface area contributed by atoms with E-state index in [1.165, 1.54) is 16.4 Å². The molecule has 1 aliphatic heterocycles. The second-order valence-electron chi connectivity index (χ2n) is 6.25. The van der Waals surface area contributed by atoms with E-state index in [2.05, 4.69) is 5.32 Å². The molecule has 1 fully saturated rings. The Morgan fingerprint density at radius 1 is 1.29 bits per heavy atom. The first kappa shape index (κ1) is 20.9. The van der Waals surface area contributed by atoms with Crippen LogP contribution in [0.25, 0.3) is 0 Å². The van der Waals surface area contributed by atoms with Gasteiger partial charge in [0.1, 0.15) is 0 Å². The van der Waals surface area contributed by atoms with Crippen molar-refractivity contribution >= 4 is 28.3 Å². The van der Waals surface area contributed by atoms with Crippen molar-refractivity contribution in [2.24, 2.45) is 0 Å². The van der Waals surface area contributed by atoms with Crippen molar-refractivity contribution < 1.29 is 13.2 Å². The molecule has 1 aromatic carbocycles. The van der Waals surface area contributed by atoms with E-state index in [-0.39, 0.29) is 35.3 Å². The summed E-state index contributed by atoms with van der Waals surface area (Å²) < 4.78 is 26.2. The smallest absolute Gasteiger partial charge is 0.253 e. The molecule has 0 aromatic heterocycles. The highest BCUT2D eigenvalue weighted by Gasteiger charge is 2.25. The Bertz CT molecular complexity index is 662. The van der Waals surface area contributed by atoms with Crippen LogP contribution in [0.3, 0.4) is 0 Å². The molecule has 0 saturated carbocycles. The van der Waals surface area contributed by atoms with Gasteiger partial charge in [-0.25, -0.2) is 8.42 Å². The van der Waals surface area contributed by atoms with Crippen LogP contribution in [0.2, 0.25) is 0 Å². The highest BCUT2D eigenvalue weighted by molar-refractivity contribution is 7.89. The molecule has 1 N–H and O–H groups in total. The number of benzene rings is 1. The molecule has 136 valence electrons. The van der Waals surface area contributed by atoms with Crippen LogP contribution in [0.1, 0.15) is 31.1 Å². The Morgan fingerprint density at radius 3 is 2.38 bits per heavy atom. The predicted molar refractivity (Wildman–Crippen MR) is 97.1 cm³/mol. The Kier molecular flexibility index (Phi) is 7.22. The van der Waals surface area contributed by atoms with Crippen LogP contribution in [0.5, 0.6) is 0 Å². The van der Waals surface area contributed by atoms with E-state index in [0.717, 1.165) is 6.54 Å². The Labute approximate surface area is 150 Å². The van der Waals surface area contributed by atoms with E-state index in [0.29, 0.717) is 18.7 Å². The van der Waals surface area contributed by atoms with Crippen molar-refractivity contribution in [1.82, 2.24) is 14.5 Å². The number of rotatable bonds is 4. The summed E-state index contributed by atoms with van der Waals surface area (Å²) in [4.78, 5) is 14.5. The van der Waals surface area contributed by atoms with Crippen LogP contribution in [0.15, 0.2) is 29.2 Å². The quantitative estimate of drug-likeness (QED) is 0.867. The van der Waals surface area contributed by atoms with Gasteiger partial charge in [-0.15, -0.1) is 12.4 Å². The van der Waals surface area contributed by atoms with Crippen LogP contribution in [0.4, 0.5) is 0 Å². The third-order valence-electron chi connectivity index (χ3n) is 4.16. The summed E-state index contributed by atoms with van der Waals surface area (Å²) in [5.74, 6) is -0.0560. The second-order valence-corrected chi connectivity index (χ2v) is 8.24. The summed E-state index contributed by atoms with van der Waals surface area (Å²) in [5, 5.41) is 3.29. The van der Waals surface area contributed by atoms with Crippen LogP contribution < -0.4 is 5.32 Å². The van der Waals surface area contributed by atoms with Gasteiger partial charge in [0.15, 0.2) is 0 Å². The van der Waals surface area contributed by atoms with Gasteiger partial charge in [-0.2, -0.15) is 4.31 Å². The summed E-state index contributed by atoms with van der Waals surface area (Å²) in [6.45, 7) is 7.78. The van der Waals surface area contributed by atoms with Crippen molar-refractivity contribution in [3.05, 3.63) is 29.8 Å². The number of carbonyl (C=O) groups excluding carboxylic acids is 1. The lowest BCUT2D eigenvalue weighted by atomic mass is 10.1. The molecule has 1 aromatic rings. The summed E-state index contributed by atoms with van der Waals surface area (Å²) in [5.41, 5.74) is 0.519. The van der Waals surface area contributed by atoms with E-state index in [1.807, 2.05) is 20.8 Å². The largest absolute Gasteiger partial charge is 0.336 e. The van der Waals surface area contributed by atoms with E-state index >= 15 is 0 Å². The SMILES string of the molecule is CC1CN(C(=O)c2ccc(S(=O)(=O)N(C)C(C)C)cc2)CCN1.Cl. The average Bonchev–Trinajstić information content (AvgIpc) is 2.53. The van der Waals surface area contributed by atoms with Crippen molar-refractivity contribution in [3.8, 4) is 0 Å². The lowest BCUT2D eigenvalue weighted by Gasteiger charge is -2.32.